The van der Waals surface area contributed by atoms with E-state index in [0.717, 1.165) is 17.0 Å². The normalized spacial score (nSPS) is 16.4. The van der Waals surface area contributed by atoms with E-state index in [0.29, 0.717) is 0 Å². The number of nitro groups is 1. The Hall–Kier alpha value is -3.95. The summed E-state index contributed by atoms with van der Waals surface area (Å²) >= 11 is 0. The maximum Gasteiger partial charge on any atom is 0.339 e. The molecule has 1 saturated heterocycles. The van der Waals surface area contributed by atoms with Crippen LogP contribution in [0.15, 0.2) is 42.5 Å². The van der Waals surface area contributed by atoms with Crippen molar-refractivity contribution in [2.45, 2.75) is 12.5 Å². The van der Waals surface area contributed by atoms with Crippen LogP contribution >= 0.6 is 0 Å². The fourth-order valence-corrected chi connectivity index (χ4v) is 2.79. The van der Waals surface area contributed by atoms with E-state index in [1.165, 1.54) is 24.3 Å². The molecule has 3 N–H and O–H groups in total. The molecule has 0 bridgehead atoms. The molecule has 2 amide bonds. The number of benzene rings is 2. The second kappa shape index (κ2) is 6.75. The largest absolute Gasteiger partial charge is 0.507 e. The van der Waals surface area contributed by atoms with Gasteiger partial charge in [-0.05, 0) is 24.3 Å². The molecule has 1 atom stereocenters. The number of nitrogens with one attached hydrogen (secondary N) is 1. The van der Waals surface area contributed by atoms with Gasteiger partial charge in [0.1, 0.15) is 23.0 Å². The Morgan fingerprint density at radius 2 is 1.93 bits per heavy atom. The number of aromatic carboxylic acids is 1. The third kappa shape index (κ3) is 3.27. The Kier molecular flexibility index (Phi) is 4.46. The first-order chi connectivity index (χ1) is 12.8. The summed E-state index contributed by atoms with van der Waals surface area (Å²) in [6, 6.07) is 7.99. The number of rotatable bonds is 5. The zero-order valence-electron chi connectivity index (χ0n) is 13.7. The first kappa shape index (κ1) is 17.9. The van der Waals surface area contributed by atoms with Crippen LogP contribution in [0, 0.1) is 10.1 Å². The van der Waals surface area contributed by atoms with Gasteiger partial charge in [-0.25, -0.2) is 9.69 Å². The number of nitrogens with zero attached hydrogens (tertiary/aromatic N) is 2. The fourth-order valence-electron chi connectivity index (χ4n) is 2.79. The maximum absolute atomic E-state index is 12.6. The molecule has 1 aliphatic heterocycles. The van der Waals surface area contributed by atoms with Gasteiger partial charge in [0.15, 0.2) is 0 Å². The Labute approximate surface area is 151 Å². The summed E-state index contributed by atoms with van der Waals surface area (Å²) in [5.41, 5.74) is -0.614. The van der Waals surface area contributed by atoms with E-state index in [2.05, 4.69) is 5.32 Å². The molecule has 10 heteroatoms. The van der Waals surface area contributed by atoms with Crippen molar-refractivity contribution in [3.8, 4) is 5.75 Å². The number of anilines is 2. The summed E-state index contributed by atoms with van der Waals surface area (Å²) < 4.78 is 0. The Morgan fingerprint density at radius 3 is 2.59 bits per heavy atom. The van der Waals surface area contributed by atoms with E-state index in [-0.39, 0.29) is 23.5 Å². The van der Waals surface area contributed by atoms with Crippen LogP contribution < -0.4 is 10.2 Å². The van der Waals surface area contributed by atoms with Crippen molar-refractivity contribution in [2.75, 3.05) is 10.2 Å². The van der Waals surface area contributed by atoms with Crippen LogP contribution in [-0.4, -0.2) is 39.0 Å². The van der Waals surface area contributed by atoms with Gasteiger partial charge < -0.3 is 15.5 Å². The number of hydrogen-bond donors (Lipinski definition) is 3. The van der Waals surface area contributed by atoms with Gasteiger partial charge in [-0.15, -0.1) is 0 Å². The molecule has 1 heterocycles. The van der Waals surface area contributed by atoms with Gasteiger partial charge in [0.05, 0.1) is 17.0 Å². The van der Waals surface area contributed by atoms with Crippen molar-refractivity contribution in [1.29, 1.82) is 0 Å². The minimum atomic E-state index is -1.41. The van der Waals surface area contributed by atoms with Crippen LogP contribution in [0.4, 0.5) is 17.1 Å². The zero-order valence-corrected chi connectivity index (χ0v) is 13.7. The number of para-hydroxylation sites is 2. The zero-order chi connectivity index (χ0) is 19.7. The lowest BCUT2D eigenvalue weighted by atomic mass is 10.1. The molecule has 10 nitrogen and oxygen atoms in total. The molecule has 1 fully saturated rings. The quantitative estimate of drug-likeness (QED) is 0.408. The molecule has 0 radical (unpaired) electrons. The number of phenols is 1. The van der Waals surface area contributed by atoms with Crippen LogP contribution in [0.5, 0.6) is 5.75 Å². The molecule has 2 aromatic rings. The van der Waals surface area contributed by atoms with E-state index >= 15 is 0 Å². The van der Waals surface area contributed by atoms with Crippen LogP contribution in [-0.2, 0) is 9.59 Å². The highest BCUT2D eigenvalue weighted by Crippen LogP contribution is 2.31. The molecule has 1 unspecified atom stereocenters. The molecule has 0 aromatic heterocycles. The minimum Gasteiger partial charge on any atom is -0.507 e. The van der Waals surface area contributed by atoms with Crippen molar-refractivity contribution >= 4 is 34.8 Å². The number of carboxylic acid groups (broad SMARTS) is 1. The lowest BCUT2D eigenvalue weighted by Crippen LogP contribution is -2.35. The van der Waals surface area contributed by atoms with Crippen molar-refractivity contribution in [1.82, 2.24) is 0 Å². The average Bonchev–Trinajstić information content (AvgIpc) is 2.89. The standard InChI is InChI=1S/C17H13N3O7/c21-14-6-5-9(7-10(14)17(24)25)19-15(22)8-12(16(19)23)18-11-3-1-2-4-13(11)20(26)27/h1-7,12,18,21H,8H2,(H,24,25). The minimum absolute atomic E-state index is 0.00735. The first-order valence-electron chi connectivity index (χ1n) is 7.72. The number of nitro benzene ring substituents is 1. The first-order valence-corrected chi connectivity index (χ1v) is 7.72. The van der Waals surface area contributed by atoms with Gasteiger partial charge in [0.25, 0.3) is 11.6 Å². The van der Waals surface area contributed by atoms with Crippen molar-refractivity contribution in [3.63, 3.8) is 0 Å². The topological polar surface area (TPSA) is 150 Å². The smallest absolute Gasteiger partial charge is 0.339 e. The second-order valence-corrected chi connectivity index (χ2v) is 5.75. The summed E-state index contributed by atoms with van der Waals surface area (Å²) in [6.45, 7) is 0. The lowest BCUT2D eigenvalue weighted by Gasteiger charge is -2.17. The summed E-state index contributed by atoms with van der Waals surface area (Å²) in [6.07, 6.45) is -0.256. The molecule has 27 heavy (non-hydrogen) atoms. The molecule has 1 aliphatic rings. The number of hydrogen-bond acceptors (Lipinski definition) is 7. The van der Waals surface area contributed by atoms with Gasteiger partial charge in [-0.3, -0.25) is 19.7 Å². The molecular formula is C17H13N3O7. The summed E-state index contributed by atoms with van der Waals surface area (Å²) in [5.74, 6) is -3.19. The fraction of sp³-hybridized carbons (Fsp3) is 0.118. The van der Waals surface area contributed by atoms with Crippen LogP contribution in [0.2, 0.25) is 0 Å². The number of aromatic hydroxyl groups is 1. The monoisotopic (exact) mass is 371 g/mol. The Morgan fingerprint density at radius 1 is 1.22 bits per heavy atom. The van der Waals surface area contributed by atoms with E-state index in [1.54, 1.807) is 6.07 Å². The van der Waals surface area contributed by atoms with Gasteiger partial charge in [0, 0.05) is 6.07 Å². The van der Waals surface area contributed by atoms with Crippen molar-refractivity contribution in [3.05, 3.63) is 58.1 Å². The van der Waals surface area contributed by atoms with E-state index < -0.39 is 40.1 Å². The molecule has 0 aliphatic carbocycles. The number of imide groups is 1. The van der Waals surface area contributed by atoms with Crippen LogP contribution in [0.3, 0.4) is 0 Å². The second-order valence-electron chi connectivity index (χ2n) is 5.75. The number of carbonyl (C=O) groups excluding carboxylic acids is 2. The highest BCUT2D eigenvalue weighted by atomic mass is 16.6. The third-order valence-electron chi connectivity index (χ3n) is 4.05. The summed E-state index contributed by atoms with van der Waals surface area (Å²) in [5, 5.41) is 32.4. The summed E-state index contributed by atoms with van der Waals surface area (Å²) in [4.78, 5) is 47.3. The molecule has 138 valence electrons. The molecular weight excluding hydrogens is 358 g/mol. The van der Waals surface area contributed by atoms with E-state index in [9.17, 15) is 29.6 Å². The number of carboxylic acids is 1. The Balaban J connectivity index is 1.89. The van der Waals surface area contributed by atoms with Crippen molar-refractivity contribution in [2.24, 2.45) is 0 Å². The van der Waals surface area contributed by atoms with Crippen LogP contribution in [0.1, 0.15) is 16.8 Å². The van der Waals surface area contributed by atoms with Crippen LogP contribution in [0.25, 0.3) is 0 Å². The number of carbonyl (C=O) groups is 3. The highest BCUT2D eigenvalue weighted by Gasteiger charge is 2.40. The van der Waals surface area contributed by atoms with E-state index in [4.69, 9.17) is 5.11 Å². The molecule has 0 spiro atoms. The Bertz CT molecular complexity index is 973. The van der Waals surface area contributed by atoms with E-state index in [1.807, 2.05) is 0 Å². The molecule has 2 aromatic carbocycles. The van der Waals surface area contributed by atoms with Crippen molar-refractivity contribution < 1.29 is 29.5 Å². The highest BCUT2D eigenvalue weighted by molar-refractivity contribution is 6.23. The van der Waals surface area contributed by atoms with Gasteiger partial charge in [0.2, 0.25) is 5.91 Å². The average molecular weight is 371 g/mol. The third-order valence-corrected chi connectivity index (χ3v) is 4.05. The molecule has 0 saturated carbocycles. The van der Waals surface area contributed by atoms with Gasteiger partial charge >= 0.3 is 5.97 Å². The number of amides is 2. The SMILES string of the molecule is O=C(O)c1cc(N2C(=O)CC(Nc3ccccc3[N+](=O)[O-])C2=O)ccc1O. The van der Waals surface area contributed by atoms with Gasteiger partial charge in [-0.2, -0.15) is 0 Å². The maximum atomic E-state index is 12.6. The lowest BCUT2D eigenvalue weighted by molar-refractivity contribution is -0.384. The predicted molar refractivity (Wildman–Crippen MR) is 92.7 cm³/mol. The molecule has 3 rings (SSSR count). The summed E-state index contributed by atoms with van der Waals surface area (Å²) in [7, 11) is 0. The van der Waals surface area contributed by atoms with Gasteiger partial charge in [-0.1, -0.05) is 12.1 Å². The predicted octanol–water partition coefficient (Wildman–Crippen LogP) is 1.74.